The van der Waals surface area contributed by atoms with Crippen molar-refractivity contribution in [1.82, 2.24) is 10.2 Å². The number of amides is 1. The topological polar surface area (TPSA) is 32.3 Å². The van der Waals surface area contributed by atoms with E-state index in [1.807, 2.05) is 25.1 Å². The summed E-state index contributed by atoms with van der Waals surface area (Å²) in [6.45, 7) is 2.97. The minimum atomic E-state index is 0.0678. The lowest BCUT2D eigenvalue weighted by molar-refractivity contribution is -0.127. The van der Waals surface area contributed by atoms with Crippen molar-refractivity contribution in [2.24, 2.45) is 0 Å². The highest BCUT2D eigenvalue weighted by Crippen LogP contribution is 2.16. The minimum absolute atomic E-state index is 0.0678. The molecule has 16 heavy (non-hydrogen) atoms. The van der Waals surface area contributed by atoms with Crippen LogP contribution in [0, 0.1) is 6.92 Å². The Morgan fingerprint density at radius 2 is 2.12 bits per heavy atom. The Morgan fingerprint density at radius 3 is 2.69 bits per heavy atom. The predicted octanol–water partition coefficient (Wildman–Crippen LogP) is 1.83. The first-order valence-corrected chi connectivity index (χ1v) is 5.54. The number of benzene rings is 1. The highest BCUT2D eigenvalue weighted by Gasteiger charge is 2.03. The molecule has 0 heterocycles. The third kappa shape index (κ3) is 3.83. The van der Waals surface area contributed by atoms with E-state index in [4.69, 9.17) is 11.6 Å². The molecular weight excluding hydrogens is 224 g/mol. The second kappa shape index (κ2) is 5.87. The molecule has 0 spiro atoms. The van der Waals surface area contributed by atoms with Gasteiger partial charge in [0, 0.05) is 25.7 Å². The summed E-state index contributed by atoms with van der Waals surface area (Å²) < 4.78 is 0. The third-order valence-corrected chi connectivity index (χ3v) is 2.75. The molecular formula is C12H17ClN2O. The number of halogens is 1. The van der Waals surface area contributed by atoms with Crippen LogP contribution in [0.3, 0.4) is 0 Å². The van der Waals surface area contributed by atoms with Crippen LogP contribution in [0.4, 0.5) is 0 Å². The summed E-state index contributed by atoms with van der Waals surface area (Å²) >= 11 is 6.00. The smallest absolute Gasteiger partial charge is 0.236 e. The Kier molecular flexibility index (Phi) is 4.77. The van der Waals surface area contributed by atoms with E-state index in [-0.39, 0.29) is 5.91 Å². The first-order valence-electron chi connectivity index (χ1n) is 5.16. The van der Waals surface area contributed by atoms with Gasteiger partial charge >= 0.3 is 0 Å². The van der Waals surface area contributed by atoms with E-state index in [0.717, 1.165) is 16.1 Å². The molecule has 4 heteroatoms. The lowest BCUT2D eigenvalue weighted by Crippen LogP contribution is -2.32. The van der Waals surface area contributed by atoms with Crippen LogP contribution in [0.15, 0.2) is 18.2 Å². The highest BCUT2D eigenvalue weighted by molar-refractivity contribution is 6.31. The summed E-state index contributed by atoms with van der Waals surface area (Å²) in [7, 11) is 3.49. The average Bonchev–Trinajstić information content (AvgIpc) is 2.23. The standard InChI is InChI=1S/C12H17ClN2O/c1-9-4-5-10(6-11(9)13)7-14-8-12(16)15(2)3/h4-6,14H,7-8H2,1-3H3. The number of carbonyl (C=O) groups excluding carboxylic acids is 1. The summed E-state index contributed by atoms with van der Waals surface area (Å²) in [6.07, 6.45) is 0. The molecule has 1 rings (SSSR count). The van der Waals surface area contributed by atoms with Crippen molar-refractivity contribution in [3.05, 3.63) is 34.3 Å². The van der Waals surface area contributed by atoms with E-state index >= 15 is 0 Å². The van der Waals surface area contributed by atoms with E-state index in [0.29, 0.717) is 13.1 Å². The van der Waals surface area contributed by atoms with Gasteiger partial charge in [0.15, 0.2) is 0 Å². The summed E-state index contributed by atoms with van der Waals surface area (Å²) in [4.78, 5) is 12.9. The lowest BCUT2D eigenvalue weighted by Gasteiger charge is -2.11. The molecule has 0 aromatic heterocycles. The Bertz CT molecular complexity index is 377. The van der Waals surface area contributed by atoms with Gasteiger partial charge in [0.2, 0.25) is 5.91 Å². The number of nitrogens with one attached hydrogen (secondary N) is 1. The van der Waals surface area contributed by atoms with Crippen LogP contribution in [-0.4, -0.2) is 31.4 Å². The summed E-state index contributed by atoms with van der Waals surface area (Å²) in [6, 6.07) is 5.91. The summed E-state index contributed by atoms with van der Waals surface area (Å²) in [5, 5.41) is 3.84. The molecule has 88 valence electrons. The van der Waals surface area contributed by atoms with Crippen molar-refractivity contribution in [2.45, 2.75) is 13.5 Å². The molecule has 0 radical (unpaired) electrons. The fraction of sp³-hybridized carbons (Fsp3) is 0.417. The SMILES string of the molecule is Cc1ccc(CNCC(=O)N(C)C)cc1Cl. The Hall–Kier alpha value is -1.06. The fourth-order valence-electron chi connectivity index (χ4n) is 1.22. The van der Waals surface area contributed by atoms with E-state index in [1.165, 1.54) is 0 Å². The zero-order valence-electron chi connectivity index (χ0n) is 9.88. The van der Waals surface area contributed by atoms with Crippen LogP contribution in [0.1, 0.15) is 11.1 Å². The Labute approximate surface area is 101 Å². The zero-order valence-corrected chi connectivity index (χ0v) is 10.6. The van der Waals surface area contributed by atoms with Crippen molar-refractivity contribution in [1.29, 1.82) is 0 Å². The van der Waals surface area contributed by atoms with E-state index in [9.17, 15) is 4.79 Å². The van der Waals surface area contributed by atoms with Gasteiger partial charge in [-0.2, -0.15) is 0 Å². The molecule has 1 amide bonds. The number of likely N-dealkylation sites (N-methyl/N-ethyl adjacent to an activating group) is 1. The second-order valence-electron chi connectivity index (χ2n) is 3.98. The van der Waals surface area contributed by atoms with Crippen LogP contribution < -0.4 is 5.32 Å². The Morgan fingerprint density at radius 1 is 1.44 bits per heavy atom. The molecule has 0 saturated carbocycles. The first-order chi connectivity index (χ1) is 7.50. The molecule has 0 bridgehead atoms. The van der Waals surface area contributed by atoms with Crippen LogP contribution in [0.2, 0.25) is 5.02 Å². The fourth-order valence-corrected chi connectivity index (χ4v) is 1.42. The molecule has 0 unspecified atom stereocenters. The first kappa shape index (κ1) is 13.0. The van der Waals surface area contributed by atoms with Gasteiger partial charge in [0.25, 0.3) is 0 Å². The van der Waals surface area contributed by atoms with E-state index in [2.05, 4.69) is 5.32 Å². The monoisotopic (exact) mass is 240 g/mol. The average molecular weight is 241 g/mol. The van der Waals surface area contributed by atoms with Gasteiger partial charge in [-0.25, -0.2) is 0 Å². The molecule has 0 atom stereocenters. The van der Waals surface area contributed by atoms with Gasteiger partial charge < -0.3 is 10.2 Å². The molecule has 0 aliphatic rings. The van der Waals surface area contributed by atoms with Gasteiger partial charge in [-0.15, -0.1) is 0 Å². The molecule has 3 nitrogen and oxygen atoms in total. The van der Waals surface area contributed by atoms with Gasteiger partial charge in [-0.1, -0.05) is 23.7 Å². The van der Waals surface area contributed by atoms with Crippen molar-refractivity contribution < 1.29 is 4.79 Å². The molecule has 0 fully saturated rings. The molecule has 0 aliphatic carbocycles. The number of aryl methyl sites for hydroxylation is 1. The van der Waals surface area contributed by atoms with Crippen LogP contribution in [0.5, 0.6) is 0 Å². The largest absolute Gasteiger partial charge is 0.348 e. The highest BCUT2D eigenvalue weighted by atomic mass is 35.5. The number of hydrogen-bond acceptors (Lipinski definition) is 2. The maximum Gasteiger partial charge on any atom is 0.236 e. The number of carbonyl (C=O) groups is 1. The number of hydrogen-bond donors (Lipinski definition) is 1. The molecule has 1 aromatic rings. The lowest BCUT2D eigenvalue weighted by atomic mass is 10.1. The second-order valence-corrected chi connectivity index (χ2v) is 4.38. The van der Waals surface area contributed by atoms with Crippen molar-refractivity contribution in [3.8, 4) is 0 Å². The maximum atomic E-state index is 11.3. The van der Waals surface area contributed by atoms with Crippen LogP contribution >= 0.6 is 11.6 Å². The van der Waals surface area contributed by atoms with Crippen molar-refractivity contribution in [3.63, 3.8) is 0 Å². The van der Waals surface area contributed by atoms with Gasteiger partial charge in [-0.3, -0.25) is 4.79 Å². The van der Waals surface area contributed by atoms with Gasteiger partial charge in [0.05, 0.1) is 6.54 Å². The van der Waals surface area contributed by atoms with E-state index < -0.39 is 0 Å². The van der Waals surface area contributed by atoms with Crippen LogP contribution in [0.25, 0.3) is 0 Å². The van der Waals surface area contributed by atoms with E-state index in [1.54, 1.807) is 19.0 Å². The molecule has 0 saturated heterocycles. The zero-order chi connectivity index (χ0) is 12.1. The van der Waals surface area contributed by atoms with Gasteiger partial charge in [0.1, 0.15) is 0 Å². The molecule has 0 aliphatic heterocycles. The van der Waals surface area contributed by atoms with Crippen LogP contribution in [-0.2, 0) is 11.3 Å². The van der Waals surface area contributed by atoms with Crippen molar-refractivity contribution >= 4 is 17.5 Å². The minimum Gasteiger partial charge on any atom is -0.348 e. The number of nitrogens with zero attached hydrogens (tertiary/aromatic N) is 1. The summed E-state index contributed by atoms with van der Waals surface area (Å²) in [5.74, 6) is 0.0678. The van der Waals surface area contributed by atoms with Crippen molar-refractivity contribution in [2.75, 3.05) is 20.6 Å². The Balaban J connectivity index is 2.43. The summed E-state index contributed by atoms with van der Waals surface area (Å²) in [5.41, 5.74) is 2.15. The number of rotatable bonds is 4. The predicted molar refractivity (Wildman–Crippen MR) is 66.6 cm³/mol. The van der Waals surface area contributed by atoms with Gasteiger partial charge in [-0.05, 0) is 24.1 Å². The molecule has 1 N–H and O–H groups in total. The maximum absolute atomic E-state index is 11.3. The quantitative estimate of drug-likeness (QED) is 0.871. The normalized spacial score (nSPS) is 10.2. The third-order valence-electron chi connectivity index (χ3n) is 2.34. The molecule has 1 aromatic carbocycles.